The van der Waals surface area contributed by atoms with Crippen LogP contribution in [0.25, 0.3) is 22.6 Å². The molecule has 2 aromatic heterocycles. The molecule has 0 radical (unpaired) electrons. The minimum absolute atomic E-state index is 0.00218. The van der Waals surface area contributed by atoms with Crippen LogP contribution < -0.4 is 10.6 Å². The van der Waals surface area contributed by atoms with Gasteiger partial charge in [0.15, 0.2) is 11.5 Å². The number of phenolic OH excluding ortho intramolecular Hbond substituents is 2. The van der Waals surface area contributed by atoms with Crippen molar-refractivity contribution in [3.63, 3.8) is 0 Å². The molecule has 1 saturated heterocycles. The van der Waals surface area contributed by atoms with Gasteiger partial charge in [-0.3, -0.25) is 4.79 Å². The first kappa shape index (κ1) is 21.8. The van der Waals surface area contributed by atoms with Crippen LogP contribution in [0.3, 0.4) is 0 Å². The van der Waals surface area contributed by atoms with E-state index in [9.17, 15) is 15.0 Å². The van der Waals surface area contributed by atoms with Crippen molar-refractivity contribution in [1.82, 2.24) is 24.8 Å². The number of nitrogens with zero attached hydrogens (tertiary/aromatic N) is 5. The van der Waals surface area contributed by atoms with Crippen LogP contribution in [0.4, 0.5) is 11.8 Å². The molecule has 0 aliphatic carbocycles. The molecular weight excluding hydrogens is 458 g/mol. The van der Waals surface area contributed by atoms with Gasteiger partial charge >= 0.3 is 0 Å². The first-order valence-corrected chi connectivity index (χ1v) is 11.1. The molecule has 1 fully saturated rings. The number of piperazine rings is 1. The summed E-state index contributed by atoms with van der Waals surface area (Å²) in [5, 5.41) is 20.6. The minimum atomic E-state index is -0.0360. The zero-order chi connectivity index (χ0) is 23.8. The maximum Gasteiger partial charge on any atom is 0.227 e. The maximum atomic E-state index is 12.8. The van der Waals surface area contributed by atoms with Gasteiger partial charge in [0.05, 0.1) is 12.0 Å². The average Bonchev–Trinajstić information content (AvgIpc) is 3.24. The van der Waals surface area contributed by atoms with E-state index in [0.29, 0.717) is 66.0 Å². The number of nitrogen functional groups attached to an aromatic ring is 1. The number of aromatic nitrogens is 4. The molecule has 34 heavy (non-hydrogen) atoms. The van der Waals surface area contributed by atoms with Crippen molar-refractivity contribution in [3.8, 4) is 22.9 Å². The van der Waals surface area contributed by atoms with Crippen LogP contribution >= 0.6 is 11.6 Å². The summed E-state index contributed by atoms with van der Waals surface area (Å²) in [4.78, 5) is 32.8. The number of aromatic hydroxyl groups is 2. The van der Waals surface area contributed by atoms with E-state index in [1.807, 2.05) is 21.9 Å². The molecule has 174 valence electrons. The van der Waals surface area contributed by atoms with Crippen molar-refractivity contribution in [3.05, 3.63) is 53.1 Å². The number of imidazole rings is 1. The Balaban J connectivity index is 1.36. The van der Waals surface area contributed by atoms with Gasteiger partial charge in [0.1, 0.15) is 22.8 Å². The molecule has 0 atom stereocenters. The Bertz CT molecular complexity index is 1380. The number of halogens is 1. The van der Waals surface area contributed by atoms with E-state index in [2.05, 4.69) is 19.9 Å². The fraction of sp³-hybridized carbons (Fsp3) is 0.217. The summed E-state index contributed by atoms with van der Waals surface area (Å²) in [7, 11) is 0. The highest BCUT2D eigenvalue weighted by molar-refractivity contribution is 6.30. The predicted molar refractivity (Wildman–Crippen MR) is 129 cm³/mol. The van der Waals surface area contributed by atoms with Crippen LogP contribution in [0, 0.1) is 0 Å². The second-order valence-corrected chi connectivity index (χ2v) is 8.50. The Morgan fingerprint density at radius 1 is 1.06 bits per heavy atom. The molecule has 11 heteroatoms. The van der Waals surface area contributed by atoms with E-state index in [4.69, 9.17) is 17.3 Å². The minimum Gasteiger partial charge on any atom is -0.508 e. The van der Waals surface area contributed by atoms with Gasteiger partial charge in [-0.15, -0.1) is 0 Å². The summed E-state index contributed by atoms with van der Waals surface area (Å²) in [6.07, 6.45) is 0.294. The Hall–Kier alpha value is -4.05. The standard InChI is InChI=1S/C23H22ClN7O3/c24-14-3-1-2-13(10-14)11-18(34)30-6-8-31(9-7-30)22-19-21(28-23(25)29-22)27-20(26-19)16-12-15(32)4-5-17(16)33/h1-5,10,12,32-33H,6-9,11H2,(H3,25,26,27,28,29). The monoisotopic (exact) mass is 479 g/mol. The zero-order valence-corrected chi connectivity index (χ0v) is 18.8. The first-order chi connectivity index (χ1) is 16.4. The fourth-order valence-electron chi connectivity index (χ4n) is 4.07. The molecule has 5 rings (SSSR count). The van der Waals surface area contributed by atoms with E-state index in [1.54, 1.807) is 12.1 Å². The van der Waals surface area contributed by atoms with Crippen molar-refractivity contribution in [2.45, 2.75) is 6.42 Å². The predicted octanol–water partition coefficient (Wildman–Crippen LogP) is 2.56. The number of amides is 1. The van der Waals surface area contributed by atoms with Crippen molar-refractivity contribution in [1.29, 1.82) is 0 Å². The number of carbonyl (C=O) groups is 1. The third-order valence-electron chi connectivity index (χ3n) is 5.76. The van der Waals surface area contributed by atoms with Crippen LogP contribution in [0.15, 0.2) is 42.5 Å². The van der Waals surface area contributed by atoms with Crippen LogP contribution in [-0.4, -0.2) is 67.1 Å². The molecule has 4 aromatic rings. The van der Waals surface area contributed by atoms with Crippen LogP contribution in [-0.2, 0) is 11.2 Å². The number of fused-ring (bicyclic) bond motifs is 1. The average molecular weight is 480 g/mol. The lowest BCUT2D eigenvalue weighted by atomic mass is 10.1. The Morgan fingerprint density at radius 3 is 2.62 bits per heavy atom. The van der Waals surface area contributed by atoms with Gasteiger partial charge in [-0.2, -0.15) is 9.97 Å². The second-order valence-electron chi connectivity index (χ2n) is 8.07. The molecule has 0 saturated carbocycles. The molecular formula is C23H22ClN7O3. The summed E-state index contributed by atoms with van der Waals surface area (Å²) >= 11 is 6.03. The molecule has 10 nitrogen and oxygen atoms in total. The summed E-state index contributed by atoms with van der Waals surface area (Å²) in [6, 6.07) is 11.5. The van der Waals surface area contributed by atoms with Crippen molar-refractivity contribution in [2.24, 2.45) is 0 Å². The molecule has 1 aliphatic heterocycles. The lowest BCUT2D eigenvalue weighted by Crippen LogP contribution is -2.49. The van der Waals surface area contributed by atoms with Crippen molar-refractivity contribution in [2.75, 3.05) is 36.8 Å². The van der Waals surface area contributed by atoms with Gasteiger partial charge in [-0.1, -0.05) is 23.7 Å². The van der Waals surface area contributed by atoms with Gasteiger partial charge < -0.3 is 30.7 Å². The molecule has 3 heterocycles. The highest BCUT2D eigenvalue weighted by Gasteiger charge is 2.25. The number of phenols is 2. The Kier molecular flexibility index (Phi) is 5.58. The Morgan fingerprint density at radius 2 is 1.85 bits per heavy atom. The number of aromatic amines is 1. The van der Waals surface area contributed by atoms with Gasteiger partial charge in [0, 0.05) is 31.2 Å². The molecule has 1 amide bonds. The second kappa shape index (κ2) is 8.71. The topological polar surface area (TPSA) is 144 Å². The molecule has 0 unspecified atom stereocenters. The number of rotatable bonds is 4. The summed E-state index contributed by atoms with van der Waals surface area (Å²) in [5.41, 5.74) is 8.06. The lowest BCUT2D eigenvalue weighted by molar-refractivity contribution is -0.130. The van der Waals surface area contributed by atoms with Crippen molar-refractivity contribution >= 4 is 40.4 Å². The van der Waals surface area contributed by atoms with E-state index in [1.165, 1.54) is 18.2 Å². The van der Waals surface area contributed by atoms with Gasteiger partial charge in [-0.05, 0) is 35.9 Å². The highest BCUT2D eigenvalue weighted by atomic mass is 35.5. The quantitative estimate of drug-likeness (QED) is 0.327. The zero-order valence-electron chi connectivity index (χ0n) is 18.1. The van der Waals surface area contributed by atoms with Crippen LogP contribution in [0.1, 0.15) is 5.56 Å². The number of hydrogen-bond acceptors (Lipinski definition) is 8. The summed E-state index contributed by atoms with van der Waals surface area (Å²) < 4.78 is 0. The number of anilines is 2. The highest BCUT2D eigenvalue weighted by Crippen LogP contribution is 2.33. The van der Waals surface area contributed by atoms with E-state index < -0.39 is 0 Å². The third kappa shape index (κ3) is 4.27. The van der Waals surface area contributed by atoms with Gasteiger partial charge in [0.25, 0.3) is 0 Å². The maximum absolute atomic E-state index is 12.8. The summed E-state index contributed by atoms with van der Waals surface area (Å²) in [5.74, 6) is 0.976. The van der Waals surface area contributed by atoms with Crippen molar-refractivity contribution < 1.29 is 15.0 Å². The van der Waals surface area contributed by atoms with Crippen LogP contribution in [0.2, 0.25) is 5.02 Å². The number of nitrogens with two attached hydrogens (primary N) is 1. The van der Waals surface area contributed by atoms with E-state index in [0.717, 1.165) is 5.56 Å². The molecule has 5 N–H and O–H groups in total. The third-order valence-corrected chi connectivity index (χ3v) is 6.00. The SMILES string of the molecule is Nc1nc(N2CCN(C(=O)Cc3cccc(Cl)c3)CC2)c2[nH]c(-c3cc(O)ccc3O)nc2n1. The molecule has 0 spiro atoms. The Labute approximate surface area is 199 Å². The normalized spacial score (nSPS) is 14.0. The number of hydrogen-bond donors (Lipinski definition) is 4. The number of H-pyrrole nitrogens is 1. The van der Waals surface area contributed by atoms with E-state index >= 15 is 0 Å². The smallest absolute Gasteiger partial charge is 0.227 e. The molecule has 2 aromatic carbocycles. The van der Waals surface area contributed by atoms with Gasteiger partial charge in [0.2, 0.25) is 11.9 Å². The number of nitrogens with one attached hydrogen (secondary N) is 1. The summed E-state index contributed by atoms with van der Waals surface area (Å²) in [6.45, 7) is 2.16. The largest absolute Gasteiger partial charge is 0.508 e. The van der Waals surface area contributed by atoms with Gasteiger partial charge in [-0.25, -0.2) is 4.98 Å². The van der Waals surface area contributed by atoms with E-state index in [-0.39, 0.29) is 23.4 Å². The molecule has 0 bridgehead atoms. The fourth-order valence-corrected chi connectivity index (χ4v) is 4.28. The first-order valence-electron chi connectivity index (χ1n) is 10.7. The number of benzene rings is 2. The number of carbonyl (C=O) groups excluding carboxylic acids is 1. The lowest BCUT2D eigenvalue weighted by Gasteiger charge is -2.35. The molecule has 1 aliphatic rings. The van der Waals surface area contributed by atoms with Crippen LogP contribution in [0.5, 0.6) is 11.5 Å².